The smallest absolute Gasteiger partial charge is 0.176 e. The third kappa shape index (κ3) is 1.67. The minimum Gasteiger partial charge on any atom is -0.380 e. The molecule has 0 spiro atoms. The Kier molecular flexibility index (Phi) is 2.14. The van der Waals surface area contributed by atoms with Gasteiger partial charge in [-0.05, 0) is 22.9 Å². The first-order valence-electron chi connectivity index (χ1n) is 5.16. The molecule has 0 bridgehead atoms. The number of hydrogen-bond acceptors (Lipinski definition) is 5. The van der Waals surface area contributed by atoms with Gasteiger partial charge in [-0.1, -0.05) is 35.6 Å². The van der Waals surface area contributed by atoms with Crippen molar-refractivity contribution in [3.8, 4) is 0 Å². The predicted octanol–water partition coefficient (Wildman–Crippen LogP) is 1.96. The van der Waals surface area contributed by atoms with Gasteiger partial charge in [-0.3, -0.25) is 5.21 Å². The summed E-state index contributed by atoms with van der Waals surface area (Å²) in [6.45, 7) is 0. The van der Waals surface area contributed by atoms with E-state index >= 15 is 0 Å². The van der Waals surface area contributed by atoms with E-state index in [9.17, 15) is 5.21 Å². The molecule has 86 valence electrons. The molecule has 2 aromatic rings. The molecule has 3 rings (SSSR count). The van der Waals surface area contributed by atoms with Crippen molar-refractivity contribution in [2.75, 3.05) is 5.06 Å². The van der Waals surface area contributed by atoms with Gasteiger partial charge >= 0.3 is 0 Å². The first kappa shape index (κ1) is 9.95. The lowest BCUT2D eigenvalue weighted by atomic mass is 10.1. The first-order chi connectivity index (χ1) is 8.24. The lowest BCUT2D eigenvalue weighted by Crippen LogP contribution is -2.22. The van der Waals surface area contributed by atoms with E-state index < -0.39 is 0 Å². The molecule has 2 aromatic carbocycles. The van der Waals surface area contributed by atoms with E-state index in [1.807, 2.05) is 42.5 Å². The van der Waals surface area contributed by atoms with E-state index in [-0.39, 0.29) is 5.82 Å². The van der Waals surface area contributed by atoms with Crippen LogP contribution in [0.15, 0.2) is 54.5 Å². The molecular formula is C12H11N3O2. The molecule has 3 N–H and O–H groups in total. The van der Waals surface area contributed by atoms with Gasteiger partial charge in [0.25, 0.3) is 0 Å². The highest BCUT2D eigenvalue weighted by Crippen LogP contribution is 2.25. The number of hydrogen-bond donors (Lipinski definition) is 2. The molecule has 0 atom stereocenters. The fraction of sp³-hybridized carbons (Fsp3) is 0. The zero-order valence-electron chi connectivity index (χ0n) is 8.95. The fourth-order valence-electron chi connectivity index (χ4n) is 1.76. The number of rotatable bonds is 1. The van der Waals surface area contributed by atoms with Crippen LogP contribution in [-0.4, -0.2) is 10.4 Å². The van der Waals surface area contributed by atoms with Crippen LogP contribution in [-0.2, 0) is 4.94 Å². The van der Waals surface area contributed by atoms with Crippen LogP contribution in [0.3, 0.4) is 0 Å². The quantitative estimate of drug-likeness (QED) is 0.782. The Bertz CT molecular complexity index is 597. The maximum atomic E-state index is 9.22. The maximum Gasteiger partial charge on any atom is 0.176 e. The molecule has 1 aliphatic heterocycles. The van der Waals surface area contributed by atoms with Gasteiger partial charge in [0.15, 0.2) is 5.82 Å². The van der Waals surface area contributed by atoms with Crippen molar-refractivity contribution < 1.29 is 10.1 Å². The Morgan fingerprint density at radius 3 is 2.53 bits per heavy atom. The van der Waals surface area contributed by atoms with Crippen molar-refractivity contribution in [3.63, 3.8) is 0 Å². The lowest BCUT2D eigenvalue weighted by Gasteiger charge is -2.15. The summed E-state index contributed by atoms with van der Waals surface area (Å²) in [5.74, 6) is 0.137. The van der Waals surface area contributed by atoms with E-state index in [1.165, 1.54) is 11.3 Å². The Labute approximate surface area is 97.8 Å². The van der Waals surface area contributed by atoms with Crippen molar-refractivity contribution in [1.82, 2.24) is 5.23 Å². The molecule has 0 aliphatic carbocycles. The summed E-state index contributed by atoms with van der Waals surface area (Å²) in [6, 6.07) is 13.8. The van der Waals surface area contributed by atoms with Crippen molar-refractivity contribution in [2.45, 2.75) is 0 Å². The average Bonchev–Trinajstić information content (AvgIpc) is 2.69. The van der Waals surface area contributed by atoms with E-state index in [0.29, 0.717) is 5.23 Å². The van der Waals surface area contributed by atoms with Gasteiger partial charge in [-0.15, -0.1) is 4.94 Å². The summed E-state index contributed by atoms with van der Waals surface area (Å²) < 4.78 is 0. The summed E-state index contributed by atoms with van der Waals surface area (Å²) in [7, 11) is 0. The summed E-state index contributed by atoms with van der Waals surface area (Å²) >= 11 is 0. The van der Waals surface area contributed by atoms with Crippen molar-refractivity contribution in [3.05, 3.63) is 54.5 Å². The molecule has 5 heteroatoms. The molecule has 0 fully saturated rings. The van der Waals surface area contributed by atoms with Gasteiger partial charge in [0.05, 0.1) is 11.9 Å². The van der Waals surface area contributed by atoms with Gasteiger partial charge in [-0.25, -0.2) is 0 Å². The van der Waals surface area contributed by atoms with E-state index in [0.717, 1.165) is 16.5 Å². The number of anilines is 1. The van der Waals surface area contributed by atoms with E-state index in [2.05, 4.69) is 0 Å². The number of nitrogens with two attached hydrogens (primary N) is 1. The Morgan fingerprint density at radius 1 is 1.06 bits per heavy atom. The van der Waals surface area contributed by atoms with Crippen molar-refractivity contribution in [2.24, 2.45) is 5.73 Å². The third-order valence-electron chi connectivity index (χ3n) is 2.62. The minimum atomic E-state index is 0.137. The minimum absolute atomic E-state index is 0.137. The largest absolute Gasteiger partial charge is 0.380 e. The van der Waals surface area contributed by atoms with Gasteiger partial charge in [0.2, 0.25) is 0 Å². The molecule has 0 aromatic heterocycles. The number of fused-ring (bicyclic) bond motifs is 1. The summed E-state index contributed by atoms with van der Waals surface area (Å²) in [4.78, 5) is 5.01. The topological polar surface area (TPSA) is 62.0 Å². The molecule has 0 unspecified atom stereocenters. The highest BCUT2D eigenvalue weighted by Gasteiger charge is 2.20. The summed E-state index contributed by atoms with van der Waals surface area (Å²) in [5.41, 5.74) is 6.28. The normalized spacial score (nSPS) is 15.5. The van der Waals surface area contributed by atoms with Crippen molar-refractivity contribution >= 4 is 16.5 Å². The van der Waals surface area contributed by atoms with Crippen LogP contribution in [0, 0.1) is 0 Å². The Balaban J connectivity index is 2.02. The molecule has 5 nitrogen and oxygen atoms in total. The second-order valence-corrected chi connectivity index (χ2v) is 3.77. The Morgan fingerprint density at radius 2 is 1.82 bits per heavy atom. The fourth-order valence-corrected chi connectivity index (χ4v) is 1.76. The van der Waals surface area contributed by atoms with Crippen LogP contribution in [0.1, 0.15) is 0 Å². The first-order valence-corrected chi connectivity index (χ1v) is 5.16. The van der Waals surface area contributed by atoms with Gasteiger partial charge in [0.1, 0.15) is 0 Å². The van der Waals surface area contributed by atoms with E-state index in [1.54, 1.807) is 0 Å². The van der Waals surface area contributed by atoms with Crippen molar-refractivity contribution in [1.29, 1.82) is 0 Å². The monoisotopic (exact) mass is 229 g/mol. The second kappa shape index (κ2) is 3.65. The van der Waals surface area contributed by atoms with Gasteiger partial charge < -0.3 is 5.73 Å². The second-order valence-electron chi connectivity index (χ2n) is 3.77. The zero-order chi connectivity index (χ0) is 11.8. The van der Waals surface area contributed by atoms with Gasteiger partial charge in [-0.2, -0.15) is 5.06 Å². The standard InChI is InChI=1S/C12H11N3O2/c13-12-8-14(17-15(12)16)11-6-5-9-3-1-2-4-10(9)7-11/h1-8,16H,13H2. The van der Waals surface area contributed by atoms with Crippen LogP contribution in [0.25, 0.3) is 10.8 Å². The molecule has 0 saturated heterocycles. The SMILES string of the molecule is NC1=CN(c2ccc3ccccc3c2)ON1O. The third-order valence-corrected chi connectivity index (χ3v) is 2.62. The lowest BCUT2D eigenvalue weighted by molar-refractivity contribution is -0.304. The van der Waals surface area contributed by atoms with Gasteiger partial charge in [0, 0.05) is 0 Å². The number of nitrogens with zero attached hydrogens (tertiary/aromatic N) is 2. The summed E-state index contributed by atoms with van der Waals surface area (Å²) in [5, 5.41) is 13.4. The molecule has 0 amide bonds. The molecule has 0 saturated carbocycles. The molecule has 17 heavy (non-hydrogen) atoms. The average molecular weight is 229 g/mol. The maximum absolute atomic E-state index is 9.22. The van der Waals surface area contributed by atoms with Crippen LogP contribution in [0.2, 0.25) is 0 Å². The van der Waals surface area contributed by atoms with E-state index in [4.69, 9.17) is 10.7 Å². The summed E-state index contributed by atoms with van der Waals surface area (Å²) in [6.07, 6.45) is 1.50. The van der Waals surface area contributed by atoms with Crippen LogP contribution < -0.4 is 10.8 Å². The van der Waals surface area contributed by atoms with Crippen LogP contribution in [0.4, 0.5) is 5.69 Å². The predicted molar refractivity (Wildman–Crippen MR) is 63.4 cm³/mol. The molecule has 1 heterocycles. The molecule has 0 radical (unpaired) electrons. The number of benzene rings is 2. The number of hydroxylamine groups is 3. The molecule has 1 aliphatic rings. The van der Waals surface area contributed by atoms with Crippen LogP contribution >= 0.6 is 0 Å². The molecular weight excluding hydrogens is 218 g/mol. The highest BCUT2D eigenvalue weighted by molar-refractivity contribution is 5.85. The highest BCUT2D eigenvalue weighted by atomic mass is 17.0. The Hall–Kier alpha value is -2.24. The van der Waals surface area contributed by atoms with Crippen LogP contribution in [0.5, 0.6) is 0 Å². The zero-order valence-corrected chi connectivity index (χ0v) is 8.95.